The third-order valence-electron chi connectivity index (χ3n) is 1.17. The Morgan fingerprint density at radius 3 is 3.00 bits per heavy atom. The highest BCUT2D eigenvalue weighted by atomic mass is 79.9. The first kappa shape index (κ1) is 9.63. The highest BCUT2D eigenvalue weighted by molar-refractivity contribution is 9.10. The summed E-state index contributed by atoms with van der Waals surface area (Å²) in [5.74, 6) is 6.79. The maximum absolute atomic E-state index is 4.06. The normalized spacial score (nSPS) is 8.83. The number of nitrogens with zero attached hydrogens (tertiary/aromatic N) is 1. The van der Waals surface area contributed by atoms with Gasteiger partial charge in [-0.1, -0.05) is 11.8 Å². The number of aromatic nitrogens is 1. The topological polar surface area (TPSA) is 12.9 Å². The lowest BCUT2D eigenvalue weighted by atomic mass is 10.3. The zero-order chi connectivity index (χ0) is 8.81. The molecule has 1 rings (SSSR count). The van der Waals surface area contributed by atoms with Crippen molar-refractivity contribution in [3.05, 3.63) is 28.5 Å². The van der Waals surface area contributed by atoms with E-state index in [1.165, 1.54) is 0 Å². The van der Waals surface area contributed by atoms with Crippen LogP contribution in [0.15, 0.2) is 22.9 Å². The number of pyridine rings is 1. The Balaban J connectivity index is 2.71. The lowest BCUT2D eigenvalue weighted by Gasteiger charge is -1.89. The Labute approximate surface area is 86.1 Å². The van der Waals surface area contributed by atoms with Crippen molar-refractivity contribution in [2.24, 2.45) is 0 Å². The van der Waals surface area contributed by atoms with Gasteiger partial charge in [0.1, 0.15) is 0 Å². The van der Waals surface area contributed by atoms with E-state index in [1.807, 2.05) is 6.07 Å². The van der Waals surface area contributed by atoms with Crippen LogP contribution >= 0.6 is 28.6 Å². The lowest BCUT2D eigenvalue weighted by molar-refractivity contribution is 1.28. The van der Waals surface area contributed by atoms with Crippen molar-refractivity contribution < 1.29 is 0 Å². The smallest absolute Gasteiger partial charge is 0.0439 e. The third kappa shape index (κ3) is 3.29. The van der Waals surface area contributed by atoms with E-state index in [2.05, 4.69) is 45.4 Å². The van der Waals surface area contributed by atoms with E-state index in [4.69, 9.17) is 0 Å². The van der Waals surface area contributed by atoms with Gasteiger partial charge >= 0.3 is 0 Å². The van der Waals surface area contributed by atoms with E-state index in [1.54, 1.807) is 12.4 Å². The fraction of sp³-hybridized carbons (Fsp3) is 0.222. The fourth-order valence-corrected chi connectivity index (χ4v) is 1.18. The summed E-state index contributed by atoms with van der Waals surface area (Å²) >= 11 is 7.39. The molecule has 0 aromatic carbocycles. The summed E-state index contributed by atoms with van der Waals surface area (Å²) < 4.78 is 0.958. The van der Waals surface area contributed by atoms with E-state index in [0.29, 0.717) is 0 Å². The standard InChI is InChI=1S/C9H8BrNS/c10-9-5-8(6-11-7-9)3-1-2-4-12/h5-7,12H,2,4H2. The van der Waals surface area contributed by atoms with Crippen molar-refractivity contribution in [2.75, 3.05) is 5.75 Å². The van der Waals surface area contributed by atoms with Crippen LogP contribution in [0.5, 0.6) is 0 Å². The summed E-state index contributed by atoms with van der Waals surface area (Å²) in [6, 6.07) is 1.94. The first-order valence-electron chi connectivity index (χ1n) is 3.53. The SMILES string of the molecule is SCCC#Cc1cncc(Br)c1. The van der Waals surface area contributed by atoms with Crippen LogP contribution < -0.4 is 0 Å². The van der Waals surface area contributed by atoms with Crippen LogP contribution in [-0.2, 0) is 0 Å². The molecule has 0 unspecified atom stereocenters. The van der Waals surface area contributed by atoms with Crippen molar-refractivity contribution >= 4 is 28.6 Å². The van der Waals surface area contributed by atoms with Crippen molar-refractivity contribution in [1.82, 2.24) is 4.98 Å². The number of rotatable bonds is 1. The maximum atomic E-state index is 4.06. The second kappa shape index (κ2) is 5.23. The van der Waals surface area contributed by atoms with Gasteiger partial charge < -0.3 is 0 Å². The molecule has 0 aliphatic heterocycles. The van der Waals surface area contributed by atoms with Crippen molar-refractivity contribution in [1.29, 1.82) is 0 Å². The maximum Gasteiger partial charge on any atom is 0.0439 e. The highest BCUT2D eigenvalue weighted by Gasteiger charge is 1.88. The van der Waals surface area contributed by atoms with Crippen LogP contribution in [0.1, 0.15) is 12.0 Å². The molecule has 0 saturated carbocycles. The van der Waals surface area contributed by atoms with Gasteiger partial charge in [-0.25, -0.2) is 0 Å². The van der Waals surface area contributed by atoms with Gasteiger partial charge in [-0.15, -0.1) is 0 Å². The Kier molecular flexibility index (Phi) is 4.20. The second-order valence-corrected chi connectivity index (χ2v) is 3.53. The van der Waals surface area contributed by atoms with E-state index in [9.17, 15) is 0 Å². The first-order chi connectivity index (χ1) is 5.83. The zero-order valence-corrected chi connectivity index (χ0v) is 8.90. The quantitative estimate of drug-likeness (QED) is 0.589. The molecule has 0 spiro atoms. The summed E-state index contributed by atoms with van der Waals surface area (Å²) in [5, 5.41) is 0. The van der Waals surface area contributed by atoms with E-state index in [-0.39, 0.29) is 0 Å². The molecule has 1 aromatic heterocycles. The van der Waals surface area contributed by atoms with Crippen molar-refractivity contribution in [2.45, 2.75) is 6.42 Å². The monoisotopic (exact) mass is 241 g/mol. The molecule has 1 aromatic rings. The summed E-state index contributed by atoms with van der Waals surface area (Å²) in [5.41, 5.74) is 0.936. The van der Waals surface area contributed by atoms with Gasteiger partial charge in [0.2, 0.25) is 0 Å². The second-order valence-electron chi connectivity index (χ2n) is 2.17. The van der Waals surface area contributed by atoms with Gasteiger partial charge in [0.05, 0.1) is 0 Å². The van der Waals surface area contributed by atoms with E-state index < -0.39 is 0 Å². The van der Waals surface area contributed by atoms with Crippen LogP contribution in [0.25, 0.3) is 0 Å². The minimum Gasteiger partial charge on any atom is -0.262 e. The van der Waals surface area contributed by atoms with Crippen molar-refractivity contribution in [3.8, 4) is 11.8 Å². The van der Waals surface area contributed by atoms with Gasteiger partial charge in [0.25, 0.3) is 0 Å². The molecule has 0 N–H and O–H groups in total. The predicted molar refractivity (Wildman–Crippen MR) is 57.3 cm³/mol. The Hall–Kier alpha value is -0.460. The molecule has 0 fully saturated rings. The minimum atomic E-state index is 0.800. The van der Waals surface area contributed by atoms with Crippen LogP contribution in [0.2, 0.25) is 0 Å². The third-order valence-corrected chi connectivity index (χ3v) is 1.83. The molecule has 62 valence electrons. The van der Waals surface area contributed by atoms with Gasteiger partial charge in [-0.3, -0.25) is 4.98 Å². The minimum absolute atomic E-state index is 0.800. The molecule has 0 saturated heterocycles. The fourth-order valence-electron chi connectivity index (χ4n) is 0.701. The van der Waals surface area contributed by atoms with E-state index in [0.717, 1.165) is 22.2 Å². The van der Waals surface area contributed by atoms with Crippen molar-refractivity contribution in [3.63, 3.8) is 0 Å². The summed E-state index contributed by atoms with van der Waals surface area (Å²) in [7, 11) is 0. The molecule has 1 nitrogen and oxygen atoms in total. The predicted octanol–water partition coefficient (Wildman–Crippen LogP) is 2.52. The average molecular weight is 242 g/mol. The molecule has 0 bridgehead atoms. The van der Waals surface area contributed by atoms with Gasteiger partial charge in [0.15, 0.2) is 0 Å². The molecule has 0 aliphatic carbocycles. The molecule has 0 amide bonds. The molecule has 0 radical (unpaired) electrons. The first-order valence-corrected chi connectivity index (χ1v) is 4.96. The average Bonchev–Trinajstić information content (AvgIpc) is 2.05. The molecule has 1 heterocycles. The summed E-state index contributed by atoms with van der Waals surface area (Å²) in [6.45, 7) is 0. The molecular formula is C9H8BrNS. The lowest BCUT2D eigenvalue weighted by Crippen LogP contribution is -1.77. The molecular weight excluding hydrogens is 234 g/mol. The van der Waals surface area contributed by atoms with Crippen LogP contribution in [0.3, 0.4) is 0 Å². The highest BCUT2D eigenvalue weighted by Crippen LogP contribution is 2.08. The molecule has 3 heteroatoms. The summed E-state index contributed by atoms with van der Waals surface area (Å²) in [6.07, 6.45) is 4.30. The van der Waals surface area contributed by atoms with Gasteiger partial charge in [-0.2, -0.15) is 12.6 Å². The number of thiol groups is 1. The van der Waals surface area contributed by atoms with Crippen LogP contribution in [0.4, 0.5) is 0 Å². The van der Waals surface area contributed by atoms with E-state index >= 15 is 0 Å². The Morgan fingerprint density at radius 1 is 1.50 bits per heavy atom. The van der Waals surface area contributed by atoms with Gasteiger partial charge in [-0.05, 0) is 22.0 Å². The summed E-state index contributed by atoms with van der Waals surface area (Å²) in [4.78, 5) is 3.99. The largest absolute Gasteiger partial charge is 0.262 e. The number of halogens is 1. The number of hydrogen-bond donors (Lipinski definition) is 1. The van der Waals surface area contributed by atoms with Gasteiger partial charge in [0, 0.05) is 34.6 Å². The molecule has 0 aliphatic rings. The molecule has 0 atom stereocenters. The molecule has 12 heavy (non-hydrogen) atoms. The Morgan fingerprint density at radius 2 is 2.33 bits per heavy atom. The Bertz CT molecular complexity index is 314. The van der Waals surface area contributed by atoms with Crippen LogP contribution in [0, 0.1) is 11.8 Å². The number of hydrogen-bond acceptors (Lipinski definition) is 2. The zero-order valence-electron chi connectivity index (χ0n) is 6.42. The van der Waals surface area contributed by atoms with Crippen LogP contribution in [-0.4, -0.2) is 10.7 Å².